The van der Waals surface area contributed by atoms with Crippen molar-refractivity contribution in [3.8, 4) is 11.9 Å². The van der Waals surface area contributed by atoms with E-state index in [1.54, 1.807) is 0 Å². The Morgan fingerprint density at radius 2 is 1.86 bits per heavy atom. The number of fused-ring (bicyclic) bond motifs is 1. The second-order valence-corrected chi connectivity index (χ2v) is 7.13. The number of imidazole rings is 1. The fourth-order valence-corrected chi connectivity index (χ4v) is 3.49. The molecular weight excluding hydrogens is 346 g/mol. The number of pyridine rings is 1. The van der Waals surface area contributed by atoms with E-state index in [9.17, 15) is 5.26 Å². The Kier molecular flexibility index (Phi) is 4.32. The molecule has 0 amide bonds. The van der Waals surface area contributed by atoms with Gasteiger partial charge >= 0.3 is 0 Å². The molecule has 0 aliphatic rings. The monoisotopic (exact) mass is 367 g/mol. The molecule has 0 aliphatic heterocycles. The quantitative estimate of drug-likeness (QED) is 0.515. The van der Waals surface area contributed by atoms with E-state index in [1.807, 2.05) is 57.3 Å². The van der Waals surface area contributed by atoms with Crippen LogP contribution in [0.2, 0.25) is 0 Å². The Balaban J connectivity index is 1.80. The van der Waals surface area contributed by atoms with Crippen LogP contribution in [0.5, 0.6) is 0 Å². The van der Waals surface area contributed by atoms with Crippen LogP contribution < -0.4 is 0 Å². The molecule has 1 aromatic carbocycles. The van der Waals surface area contributed by atoms with Crippen LogP contribution in [0, 0.1) is 39.0 Å². The zero-order valence-electron chi connectivity index (χ0n) is 16.4. The SMILES string of the molecule is Cc1ccnc(-n2c(C)cc(/C=C(/C#N)c3nc4ccc(C)cc4[nH]3)c2C)c1. The molecule has 4 rings (SSSR count). The standard InChI is InChI=1S/C23H21N5/c1-14-5-6-20-21(9-14)27-23(26-20)19(13-24)12-18-11-16(3)28(17(18)4)22-10-15(2)7-8-25-22/h5-12H,1-4H3,(H,26,27)/b19-12-. The molecule has 0 bridgehead atoms. The zero-order valence-corrected chi connectivity index (χ0v) is 16.4. The maximum Gasteiger partial charge on any atom is 0.149 e. The summed E-state index contributed by atoms with van der Waals surface area (Å²) in [6.45, 7) is 8.18. The van der Waals surface area contributed by atoms with Gasteiger partial charge in [-0.25, -0.2) is 9.97 Å². The Hall–Kier alpha value is -3.65. The molecule has 0 spiro atoms. The number of aryl methyl sites for hydroxylation is 3. The molecule has 3 aromatic heterocycles. The molecule has 0 unspecified atom stereocenters. The van der Waals surface area contributed by atoms with Gasteiger partial charge in [0.25, 0.3) is 0 Å². The second-order valence-electron chi connectivity index (χ2n) is 7.13. The molecule has 0 radical (unpaired) electrons. The van der Waals surface area contributed by atoms with Gasteiger partial charge in [-0.15, -0.1) is 0 Å². The van der Waals surface area contributed by atoms with E-state index in [2.05, 4.69) is 44.6 Å². The van der Waals surface area contributed by atoms with Gasteiger partial charge in [0.05, 0.1) is 16.6 Å². The predicted molar refractivity (Wildman–Crippen MR) is 112 cm³/mol. The van der Waals surface area contributed by atoms with Crippen molar-refractivity contribution in [1.29, 1.82) is 5.26 Å². The van der Waals surface area contributed by atoms with Gasteiger partial charge in [-0.05, 0) is 80.8 Å². The van der Waals surface area contributed by atoms with Crippen LogP contribution in [0.25, 0.3) is 28.5 Å². The lowest BCUT2D eigenvalue weighted by Crippen LogP contribution is -2.02. The summed E-state index contributed by atoms with van der Waals surface area (Å²) in [6, 6.07) is 14.4. The van der Waals surface area contributed by atoms with Crippen molar-refractivity contribution in [2.75, 3.05) is 0 Å². The predicted octanol–water partition coefficient (Wildman–Crippen LogP) is 5.05. The first-order valence-electron chi connectivity index (χ1n) is 9.17. The number of aromatic amines is 1. The van der Waals surface area contributed by atoms with Crippen molar-refractivity contribution in [1.82, 2.24) is 19.5 Å². The molecule has 28 heavy (non-hydrogen) atoms. The molecule has 0 saturated heterocycles. The number of aromatic nitrogens is 4. The summed E-state index contributed by atoms with van der Waals surface area (Å²) < 4.78 is 2.11. The van der Waals surface area contributed by atoms with Gasteiger partial charge in [-0.1, -0.05) is 6.07 Å². The minimum atomic E-state index is 0.506. The maximum absolute atomic E-state index is 9.74. The Bertz CT molecular complexity index is 1260. The van der Waals surface area contributed by atoms with Gasteiger partial charge in [-0.2, -0.15) is 5.26 Å². The van der Waals surface area contributed by atoms with Gasteiger partial charge in [0.2, 0.25) is 0 Å². The third-order valence-electron chi connectivity index (χ3n) is 4.91. The smallest absolute Gasteiger partial charge is 0.149 e. The third kappa shape index (κ3) is 3.10. The highest BCUT2D eigenvalue weighted by Gasteiger charge is 2.13. The van der Waals surface area contributed by atoms with E-state index in [4.69, 9.17) is 0 Å². The van der Waals surface area contributed by atoms with Gasteiger partial charge in [-0.3, -0.25) is 0 Å². The van der Waals surface area contributed by atoms with Crippen LogP contribution in [0.4, 0.5) is 0 Å². The third-order valence-corrected chi connectivity index (χ3v) is 4.91. The molecule has 0 fully saturated rings. The first-order chi connectivity index (χ1) is 13.5. The number of hydrogen-bond acceptors (Lipinski definition) is 3. The van der Waals surface area contributed by atoms with Gasteiger partial charge in [0.15, 0.2) is 0 Å². The molecule has 4 aromatic rings. The van der Waals surface area contributed by atoms with Gasteiger partial charge in [0.1, 0.15) is 17.7 Å². The largest absolute Gasteiger partial charge is 0.337 e. The second kappa shape index (κ2) is 6.82. The minimum Gasteiger partial charge on any atom is -0.337 e. The van der Waals surface area contributed by atoms with Gasteiger partial charge < -0.3 is 9.55 Å². The lowest BCUT2D eigenvalue weighted by Gasteiger charge is -2.09. The first-order valence-corrected chi connectivity index (χ1v) is 9.17. The van der Waals surface area contributed by atoms with Gasteiger partial charge in [0, 0.05) is 17.6 Å². The number of H-pyrrole nitrogens is 1. The minimum absolute atomic E-state index is 0.506. The molecule has 138 valence electrons. The normalized spacial score (nSPS) is 11.8. The Labute approximate surface area is 164 Å². The van der Waals surface area contributed by atoms with Crippen molar-refractivity contribution in [3.63, 3.8) is 0 Å². The number of nitrogens with one attached hydrogen (secondary N) is 1. The average molecular weight is 367 g/mol. The summed E-state index contributed by atoms with van der Waals surface area (Å²) in [5.74, 6) is 1.47. The molecule has 0 aliphatic carbocycles. The lowest BCUT2D eigenvalue weighted by molar-refractivity contribution is 0.918. The van der Waals surface area contributed by atoms with E-state index in [0.29, 0.717) is 11.4 Å². The first kappa shape index (κ1) is 17.7. The lowest BCUT2D eigenvalue weighted by atomic mass is 10.1. The van der Waals surface area contributed by atoms with E-state index < -0.39 is 0 Å². The van der Waals surface area contributed by atoms with E-state index in [1.165, 1.54) is 0 Å². The van der Waals surface area contributed by atoms with Crippen LogP contribution in [0.15, 0.2) is 42.6 Å². The van der Waals surface area contributed by atoms with Crippen LogP contribution in [-0.2, 0) is 0 Å². The highest BCUT2D eigenvalue weighted by atomic mass is 15.1. The Morgan fingerprint density at radius 1 is 1.07 bits per heavy atom. The van der Waals surface area contributed by atoms with Crippen molar-refractivity contribution < 1.29 is 0 Å². The summed E-state index contributed by atoms with van der Waals surface area (Å²) >= 11 is 0. The average Bonchev–Trinajstić information content (AvgIpc) is 3.19. The number of hydrogen-bond donors (Lipinski definition) is 1. The number of nitrogens with zero attached hydrogens (tertiary/aromatic N) is 4. The highest BCUT2D eigenvalue weighted by molar-refractivity contribution is 5.90. The molecule has 3 heterocycles. The van der Waals surface area contributed by atoms with Crippen LogP contribution in [0.3, 0.4) is 0 Å². The molecular formula is C23H21N5. The van der Waals surface area contributed by atoms with Crippen LogP contribution in [-0.4, -0.2) is 19.5 Å². The number of benzene rings is 1. The summed E-state index contributed by atoms with van der Waals surface area (Å²) in [5, 5.41) is 9.74. The fourth-order valence-electron chi connectivity index (χ4n) is 3.49. The molecule has 0 saturated carbocycles. The summed E-state index contributed by atoms with van der Waals surface area (Å²) in [6.07, 6.45) is 3.70. The van der Waals surface area contributed by atoms with Crippen molar-refractivity contribution >= 4 is 22.7 Å². The van der Waals surface area contributed by atoms with Crippen molar-refractivity contribution in [2.45, 2.75) is 27.7 Å². The highest BCUT2D eigenvalue weighted by Crippen LogP contribution is 2.25. The van der Waals surface area contributed by atoms with Crippen molar-refractivity contribution in [3.05, 3.63) is 76.5 Å². The molecule has 5 nitrogen and oxygen atoms in total. The van der Waals surface area contributed by atoms with Crippen LogP contribution in [0.1, 0.15) is 33.9 Å². The van der Waals surface area contributed by atoms with Crippen LogP contribution >= 0.6 is 0 Å². The van der Waals surface area contributed by atoms with E-state index >= 15 is 0 Å². The topological polar surface area (TPSA) is 70.3 Å². The fraction of sp³-hybridized carbons (Fsp3) is 0.174. The number of nitriles is 1. The zero-order chi connectivity index (χ0) is 19.8. The molecule has 0 atom stereocenters. The maximum atomic E-state index is 9.74. The summed E-state index contributed by atoms with van der Waals surface area (Å²) in [7, 11) is 0. The van der Waals surface area contributed by atoms with E-state index in [0.717, 1.165) is 44.9 Å². The van der Waals surface area contributed by atoms with E-state index in [-0.39, 0.29) is 0 Å². The number of allylic oxidation sites excluding steroid dienone is 1. The summed E-state index contributed by atoms with van der Waals surface area (Å²) in [5.41, 5.74) is 7.70. The number of rotatable bonds is 3. The van der Waals surface area contributed by atoms with Crippen molar-refractivity contribution in [2.24, 2.45) is 0 Å². The Morgan fingerprint density at radius 3 is 2.61 bits per heavy atom. The molecule has 1 N–H and O–H groups in total. The summed E-state index contributed by atoms with van der Waals surface area (Å²) in [4.78, 5) is 12.3. The molecule has 5 heteroatoms.